The van der Waals surface area contributed by atoms with Crippen LogP contribution in [0.4, 0.5) is 5.69 Å². The van der Waals surface area contributed by atoms with Gasteiger partial charge >= 0.3 is 0 Å². The van der Waals surface area contributed by atoms with Gasteiger partial charge in [-0.05, 0) is 13.0 Å². The maximum atomic E-state index is 10.4. The monoisotopic (exact) mass is 275 g/mol. The number of aryl methyl sites for hydroxylation is 1. The van der Waals surface area contributed by atoms with Crippen LogP contribution in [0.25, 0.3) is 0 Å². The second-order valence-electron chi connectivity index (χ2n) is 4.35. The van der Waals surface area contributed by atoms with Gasteiger partial charge in [0, 0.05) is 11.3 Å². The van der Waals surface area contributed by atoms with Gasteiger partial charge in [-0.1, -0.05) is 17.7 Å². The smallest absolute Gasteiger partial charge is 0.220 e. The van der Waals surface area contributed by atoms with Gasteiger partial charge < -0.3 is 20.3 Å². The lowest BCUT2D eigenvalue weighted by Crippen LogP contribution is -2.09. The Morgan fingerprint density at radius 1 is 1.10 bits per heavy atom. The lowest BCUT2D eigenvalue weighted by Gasteiger charge is -2.14. The summed E-state index contributed by atoms with van der Waals surface area (Å²) in [5.41, 5.74) is 7.92. The molecule has 6 heteroatoms. The number of rotatable bonds is 4. The molecule has 0 fully saturated rings. The summed E-state index contributed by atoms with van der Waals surface area (Å²) in [5.74, 6) is 0.813. The molecule has 1 unspecified atom stereocenters. The zero-order valence-electron chi connectivity index (χ0n) is 11.6. The van der Waals surface area contributed by atoms with Gasteiger partial charge in [-0.3, -0.25) is 0 Å². The van der Waals surface area contributed by atoms with Gasteiger partial charge in [-0.15, -0.1) is 0 Å². The third-order valence-electron chi connectivity index (χ3n) is 2.90. The van der Waals surface area contributed by atoms with Gasteiger partial charge in [-0.2, -0.15) is 9.97 Å². The number of nitrogen functional groups attached to an aromatic ring is 1. The molecule has 0 saturated heterocycles. The highest BCUT2D eigenvalue weighted by atomic mass is 16.5. The number of methoxy groups -OCH3 is 2. The largest absolute Gasteiger partial charge is 0.481 e. The number of benzene rings is 1. The van der Waals surface area contributed by atoms with E-state index in [4.69, 9.17) is 15.2 Å². The standard InChI is InChI=1S/C14H17N3O3/c1-8-4-5-10(15)9(6-8)13(18)14-16-11(19-2)7-12(17-14)20-3/h4-7,13,18H,15H2,1-3H3. The number of nitrogens with zero attached hydrogens (tertiary/aromatic N) is 2. The van der Waals surface area contributed by atoms with Crippen LogP contribution in [0, 0.1) is 6.92 Å². The van der Waals surface area contributed by atoms with Crippen LogP contribution in [0.5, 0.6) is 11.8 Å². The third kappa shape index (κ3) is 2.80. The quantitative estimate of drug-likeness (QED) is 0.821. The summed E-state index contributed by atoms with van der Waals surface area (Å²) in [7, 11) is 2.97. The predicted molar refractivity (Wildman–Crippen MR) is 74.8 cm³/mol. The molecule has 6 nitrogen and oxygen atoms in total. The summed E-state index contributed by atoms with van der Waals surface area (Å²) in [5, 5.41) is 10.4. The van der Waals surface area contributed by atoms with Crippen LogP contribution in [0.3, 0.4) is 0 Å². The zero-order valence-corrected chi connectivity index (χ0v) is 11.6. The first-order chi connectivity index (χ1) is 9.55. The fourth-order valence-electron chi connectivity index (χ4n) is 1.82. The van der Waals surface area contributed by atoms with Crippen molar-refractivity contribution >= 4 is 5.69 Å². The van der Waals surface area contributed by atoms with Crippen molar-refractivity contribution in [3.8, 4) is 11.8 Å². The molecule has 1 atom stereocenters. The van der Waals surface area contributed by atoms with Crippen LogP contribution in [-0.4, -0.2) is 29.3 Å². The van der Waals surface area contributed by atoms with Gasteiger partial charge in [0.05, 0.1) is 20.3 Å². The molecule has 2 aromatic rings. The van der Waals surface area contributed by atoms with Crippen molar-refractivity contribution in [3.05, 3.63) is 41.2 Å². The number of ether oxygens (including phenoxy) is 2. The highest BCUT2D eigenvalue weighted by molar-refractivity contribution is 5.51. The summed E-state index contributed by atoms with van der Waals surface area (Å²) in [6, 6.07) is 6.95. The highest BCUT2D eigenvalue weighted by Crippen LogP contribution is 2.28. The van der Waals surface area contributed by atoms with Crippen LogP contribution >= 0.6 is 0 Å². The van der Waals surface area contributed by atoms with Gasteiger partial charge in [0.1, 0.15) is 6.10 Å². The SMILES string of the molecule is COc1cc(OC)nc(C(O)c2cc(C)ccc2N)n1. The van der Waals surface area contributed by atoms with E-state index in [0.717, 1.165) is 5.56 Å². The molecule has 1 aromatic carbocycles. The molecule has 0 spiro atoms. The second-order valence-corrected chi connectivity index (χ2v) is 4.35. The van der Waals surface area contributed by atoms with E-state index in [2.05, 4.69) is 9.97 Å². The lowest BCUT2D eigenvalue weighted by atomic mass is 10.0. The summed E-state index contributed by atoms with van der Waals surface area (Å²) < 4.78 is 10.1. The third-order valence-corrected chi connectivity index (χ3v) is 2.90. The molecule has 0 radical (unpaired) electrons. The minimum Gasteiger partial charge on any atom is -0.481 e. The van der Waals surface area contributed by atoms with Crippen LogP contribution in [-0.2, 0) is 0 Å². The molecule has 0 aliphatic heterocycles. The van der Waals surface area contributed by atoms with E-state index in [0.29, 0.717) is 23.0 Å². The van der Waals surface area contributed by atoms with Crippen molar-refractivity contribution in [1.82, 2.24) is 9.97 Å². The zero-order chi connectivity index (χ0) is 14.7. The van der Waals surface area contributed by atoms with Crippen molar-refractivity contribution in [2.24, 2.45) is 0 Å². The van der Waals surface area contributed by atoms with Crippen molar-refractivity contribution in [2.45, 2.75) is 13.0 Å². The molecule has 106 valence electrons. The van der Waals surface area contributed by atoms with Crippen LogP contribution in [0.15, 0.2) is 24.3 Å². The number of aromatic nitrogens is 2. The Balaban J connectivity index is 2.46. The fraction of sp³-hybridized carbons (Fsp3) is 0.286. The number of hydrogen-bond acceptors (Lipinski definition) is 6. The number of nitrogens with two attached hydrogens (primary N) is 1. The molecule has 0 bridgehead atoms. The first kappa shape index (κ1) is 14.1. The van der Waals surface area contributed by atoms with Gasteiger partial charge in [0.2, 0.25) is 11.8 Å². The Labute approximate surface area is 117 Å². The van der Waals surface area contributed by atoms with Crippen LogP contribution in [0.2, 0.25) is 0 Å². The maximum absolute atomic E-state index is 10.4. The Hall–Kier alpha value is -2.34. The molecule has 0 amide bonds. The van der Waals surface area contributed by atoms with E-state index in [1.165, 1.54) is 20.3 Å². The fourth-order valence-corrected chi connectivity index (χ4v) is 1.82. The highest BCUT2D eigenvalue weighted by Gasteiger charge is 2.19. The average Bonchev–Trinajstić information content (AvgIpc) is 2.48. The van der Waals surface area contributed by atoms with Crippen LogP contribution in [0.1, 0.15) is 23.1 Å². The summed E-state index contributed by atoms with van der Waals surface area (Å²) in [6.45, 7) is 1.92. The van der Waals surface area contributed by atoms with E-state index >= 15 is 0 Å². The predicted octanol–water partition coefficient (Wildman–Crippen LogP) is 1.47. The second kappa shape index (κ2) is 5.75. The molecule has 20 heavy (non-hydrogen) atoms. The first-order valence-corrected chi connectivity index (χ1v) is 6.06. The van der Waals surface area contributed by atoms with E-state index in [1.54, 1.807) is 12.1 Å². The van der Waals surface area contributed by atoms with E-state index in [9.17, 15) is 5.11 Å². The summed E-state index contributed by atoms with van der Waals surface area (Å²) in [4.78, 5) is 8.26. The first-order valence-electron chi connectivity index (χ1n) is 6.06. The normalized spacial score (nSPS) is 12.0. The van der Waals surface area contributed by atoms with Crippen molar-refractivity contribution in [2.75, 3.05) is 20.0 Å². The molecule has 0 aliphatic carbocycles. The molecule has 3 N–H and O–H groups in total. The molecule has 0 saturated carbocycles. The molecule has 1 aromatic heterocycles. The average molecular weight is 275 g/mol. The Bertz CT molecular complexity index is 594. The van der Waals surface area contributed by atoms with E-state index < -0.39 is 6.10 Å². The number of aliphatic hydroxyl groups excluding tert-OH is 1. The number of anilines is 1. The molecule has 1 heterocycles. The molecule has 0 aliphatic rings. The molecule has 2 rings (SSSR count). The summed E-state index contributed by atoms with van der Waals surface area (Å²) in [6.07, 6.45) is -1.04. The van der Waals surface area contributed by atoms with Crippen molar-refractivity contribution < 1.29 is 14.6 Å². The summed E-state index contributed by atoms with van der Waals surface area (Å²) >= 11 is 0. The van der Waals surface area contributed by atoms with Gasteiger partial charge in [0.15, 0.2) is 5.82 Å². The minimum atomic E-state index is -1.04. The Morgan fingerprint density at radius 3 is 2.25 bits per heavy atom. The van der Waals surface area contributed by atoms with E-state index in [1.807, 2.05) is 13.0 Å². The number of hydrogen-bond donors (Lipinski definition) is 2. The Kier molecular flexibility index (Phi) is 4.05. The van der Waals surface area contributed by atoms with Gasteiger partial charge in [0.25, 0.3) is 0 Å². The lowest BCUT2D eigenvalue weighted by molar-refractivity contribution is 0.206. The maximum Gasteiger partial charge on any atom is 0.220 e. The van der Waals surface area contributed by atoms with Crippen molar-refractivity contribution in [3.63, 3.8) is 0 Å². The van der Waals surface area contributed by atoms with Crippen molar-refractivity contribution in [1.29, 1.82) is 0 Å². The minimum absolute atomic E-state index is 0.179. The van der Waals surface area contributed by atoms with E-state index in [-0.39, 0.29) is 5.82 Å². The topological polar surface area (TPSA) is 90.5 Å². The van der Waals surface area contributed by atoms with Crippen LogP contribution < -0.4 is 15.2 Å². The molecular formula is C14H17N3O3. The molecular weight excluding hydrogens is 258 g/mol. The van der Waals surface area contributed by atoms with Gasteiger partial charge in [-0.25, -0.2) is 0 Å². The number of aliphatic hydroxyl groups is 1. The Morgan fingerprint density at radius 2 is 1.70 bits per heavy atom.